The van der Waals surface area contributed by atoms with E-state index in [1.165, 1.54) is 0 Å². The predicted molar refractivity (Wildman–Crippen MR) is 95.7 cm³/mol. The number of hydrogen-bond donors (Lipinski definition) is 2. The molecule has 2 rings (SSSR count). The molecule has 0 aliphatic rings. The molecule has 0 aliphatic heterocycles. The molecule has 23 heavy (non-hydrogen) atoms. The molecule has 122 valence electrons. The maximum Gasteiger partial charge on any atom is 0.407 e. The highest BCUT2D eigenvalue weighted by atomic mass is 127. The van der Waals surface area contributed by atoms with Gasteiger partial charge in [0.25, 0.3) is 0 Å². The number of hydrogen-bond acceptors (Lipinski definition) is 3. The highest BCUT2D eigenvalue weighted by Gasteiger charge is 2.17. The lowest BCUT2D eigenvalue weighted by molar-refractivity contribution is 0.0894. The molecule has 0 saturated carbocycles. The van der Waals surface area contributed by atoms with Gasteiger partial charge in [-0.3, -0.25) is 0 Å². The van der Waals surface area contributed by atoms with Crippen molar-refractivity contribution >= 4 is 28.7 Å². The molecule has 2 N–H and O–H groups in total. The number of carbonyl (C=O) groups is 1. The number of benzene rings is 2. The third kappa shape index (κ3) is 5.72. The average molecular weight is 427 g/mol. The molecule has 0 heterocycles. The van der Waals surface area contributed by atoms with E-state index in [1.807, 2.05) is 42.5 Å². The number of rotatable bonds is 7. The van der Waals surface area contributed by atoms with E-state index in [0.717, 1.165) is 8.47 Å². The van der Waals surface area contributed by atoms with E-state index in [4.69, 9.17) is 4.74 Å². The van der Waals surface area contributed by atoms with Crippen molar-refractivity contribution in [2.24, 2.45) is 0 Å². The van der Waals surface area contributed by atoms with Gasteiger partial charge in [0.05, 0.1) is 19.2 Å². The van der Waals surface area contributed by atoms with Gasteiger partial charge in [-0.25, -0.2) is 4.79 Å². The van der Waals surface area contributed by atoms with E-state index in [9.17, 15) is 15.0 Å². The number of ether oxygens (including phenoxy) is 1. The zero-order valence-electron chi connectivity index (χ0n) is 12.4. The normalized spacial score (nSPS) is 11.7. The van der Waals surface area contributed by atoms with E-state index in [2.05, 4.69) is 22.6 Å². The lowest BCUT2D eigenvalue weighted by Gasteiger charge is -2.22. The zero-order valence-corrected chi connectivity index (χ0v) is 14.6. The third-order valence-electron chi connectivity index (χ3n) is 3.29. The van der Waals surface area contributed by atoms with Crippen molar-refractivity contribution in [1.82, 2.24) is 4.90 Å². The zero-order chi connectivity index (χ0) is 16.7. The van der Waals surface area contributed by atoms with Crippen LogP contribution in [0.2, 0.25) is 0 Å². The fourth-order valence-corrected chi connectivity index (χ4v) is 2.42. The van der Waals surface area contributed by atoms with Crippen molar-refractivity contribution in [2.45, 2.75) is 6.10 Å². The molecule has 0 aliphatic carbocycles. The third-order valence-corrected chi connectivity index (χ3v) is 4.01. The lowest BCUT2D eigenvalue weighted by Crippen LogP contribution is -2.36. The molecule has 0 radical (unpaired) electrons. The van der Waals surface area contributed by atoms with Gasteiger partial charge in [-0.2, -0.15) is 0 Å². The number of aliphatic hydroxyl groups excluding tert-OH is 1. The van der Waals surface area contributed by atoms with Gasteiger partial charge in [-0.05, 0) is 52.4 Å². The van der Waals surface area contributed by atoms with Gasteiger partial charge in [0, 0.05) is 3.57 Å². The number of carboxylic acid groups (broad SMARTS) is 1. The van der Waals surface area contributed by atoms with Crippen molar-refractivity contribution in [3.63, 3.8) is 0 Å². The van der Waals surface area contributed by atoms with Gasteiger partial charge in [-0.1, -0.05) is 30.3 Å². The van der Waals surface area contributed by atoms with Crippen LogP contribution in [0.15, 0.2) is 54.6 Å². The Bertz CT molecular complexity index is 618. The molecule has 0 bridgehead atoms. The first kappa shape index (κ1) is 17.6. The fraction of sp³-hybridized carbons (Fsp3) is 0.235. The second-order valence-electron chi connectivity index (χ2n) is 4.96. The van der Waals surface area contributed by atoms with Gasteiger partial charge in [0.1, 0.15) is 12.4 Å². The highest BCUT2D eigenvalue weighted by molar-refractivity contribution is 14.1. The Morgan fingerprint density at radius 3 is 2.39 bits per heavy atom. The SMILES string of the molecule is O=C(O)N(CCOc1ccc(I)cc1)C[C@@H](O)c1ccccc1. The smallest absolute Gasteiger partial charge is 0.407 e. The number of aliphatic hydroxyl groups is 1. The van der Waals surface area contributed by atoms with E-state index >= 15 is 0 Å². The highest BCUT2D eigenvalue weighted by Crippen LogP contribution is 2.15. The van der Waals surface area contributed by atoms with Crippen molar-refractivity contribution < 1.29 is 19.7 Å². The summed E-state index contributed by atoms with van der Waals surface area (Å²) in [6.45, 7) is 0.426. The summed E-state index contributed by atoms with van der Waals surface area (Å²) < 4.78 is 6.64. The summed E-state index contributed by atoms with van der Waals surface area (Å²) in [5.41, 5.74) is 0.692. The molecule has 2 aromatic carbocycles. The summed E-state index contributed by atoms with van der Waals surface area (Å²) in [5.74, 6) is 0.694. The minimum Gasteiger partial charge on any atom is -0.492 e. The molecule has 0 saturated heterocycles. The molecule has 5 nitrogen and oxygen atoms in total. The van der Waals surface area contributed by atoms with Crippen LogP contribution in [-0.4, -0.2) is 40.9 Å². The maximum absolute atomic E-state index is 11.3. The number of halogens is 1. The summed E-state index contributed by atoms with van der Waals surface area (Å²) in [6.07, 6.45) is -1.93. The molecule has 0 unspecified atom stereocenters. The first-order valence-electron chi connectivity index (χ1n) is 7.15. The Labute approximate surface area is 148 Å². The van der Waals surface area contributed by atoms with Gasteiger partial charge in [0.2, 0.25) is 0 Å². The van der Waals surface area contributed by atoms with E-state index < -0.39 is 12.2 Å². The van der Waals surface area contributed by atoms with Crippen LogP contribution in [0.1, 0.15) is 11.7 Å². The van der Waals surface area contributed by atoms with Crippen molar-refractivity contribution in [3.8, 4) is 5.75 Å². The predicted octanol–water partition coefficient (Wildman–Crippen LogP) is 3.38. The van der Waals surface area contributed by atoms with Crippen molar-refractivity contribution in [2.75, 3.05) is 19.7 Å². The van der Waals surface area contributed by atoms with Gasteiger partial charge in [-0.15, -0.1) is 0 Å². The summed E-state index contributed by atoms with van der Waals surface area (Å²) in [6, 6.07) is 16.5. The Balaban J connectivity index is 1.86. The summed E-state index contributed by atoms with van der Waals surface area (Å²) in [5, 5.41) is 19.4. The van der Waals surface area contributed by atoms with Crippen LogP contribution in [-0.2, 0) is 0 Å². The van der Waals surface area contributed by atoms with Crippen LogP contribution in [0.25, 0.3) is 0 Å². The topological polar surface area (TPSA) is 70.0 Å². The standard InChI is InChI=1S/C17H18INO4/c18-14-6-8-15(9-7-14)23-11-10-19(17(21)22)12-16(20)13-4-2-1-3-5-13/h1-9,16,20H,10-12H2,(H,21,22)/t16-/m1/s1. The molecule has 1 atom stereocenters. The minimum absolute atomic E-state index is 0.00932. The molecule has 0 spiro atoms. The quantitative estimate of drug-likeness (QED) is 0.665. The molecule has 0 fully saturated rings. The van der Waals surface area contributed by atoms with Gasteiger partial charge < -0.3 is 19.8 Å². The molecule has 0 aromatic heterocycles. The van der Waals surface area contributed by atoms with Crippen molar-refractivity contribution in [3.05, 3.63) is 63.7 Å². The minimum atomic E-state index is -1.08. The lowest BCUT2D eigenvalue weighted by atomic mass is 10.1. The number of amides is 1. The van der Waals surface area contributed by atoms with E-state index in [1.54, 1.807) is 12.1 Å². The Kier molecular flexibility index (Phi) is 6.66. The van der Waals surface area contributed by atoms with Crippen LogP contribution >= 0.6 is 22.6 Å². The Hall–Kier alpha value is -1.80. The van der Waals surface area contributed by atoms with E-state index in [0.29, 0.717) is 11.3 Å². The molecular weight excluding hydrogens is 409 g/mol. The maximum atomic E-state index is 11.3. The van der Waals surface area contributed by atoms with Crippen LogP contribution in [0.5, 0.6) is 5.75 Å². The average Bonchev–Trinajstić information content (AvgIpc) is 2.56. The first-order chi connectivity index (χ1) is 11.1. The summed E-state index contributed by atoms with van der Waals surface area (Å²) in [7, 11) is 0. The molecule has 1 amide bonds. The second kappa shape index (κ2) is 8.73. The molecular formula is C17H18INO4. The van der Waals surface area contributed by atoms with E-state index in [-0.39, 0.29) is 19.7 Å². The van der Waals surface area contributed by atoms with Crippen molar-refractivity contribution in [1.29, 1.82) is 0 Å². The van der Waals surface area contributed by atoms with Crippen LogP contribution in [0.4, 0.5) is 4.79 Å². The largest absolute Gasteiger partial charge is 0.492 e. The van der Waals surface area contributed by atoms with Crippen LogP contribution < -0.4 is 4.74 Å². The first-order valence-corrected chi connectivity index (χ1v) is 8.23. The van der Waals surface area contributed by atoms with Gasteiger partial charge in [0.15, 0.2) is 0 Å². The molecule has 2 aromatic rings. The monoisotopic (exact) mass is 427 g/mol. The Morgan fingerprint density at radius 2 is 1.78 bits per heavy atom. The summed E-state index contributed by atoms with van der Waals surface area (Å²) >= 11 is 2.20. The van der Waals surface area contributed by atoms with Crippen LogP contribution in [0.3, 0.4) is 0 Å². The Morgan fingerprint density at radius 1 is 1.13 bits per heavy atom. The number of nitrogens with zero attached hydrogens (tertiary/aromatic N) is 1. The van der Waals surface area contributed by atoms with Crippen LogP contribution in [0, 0.1) is 3.57 Å². The second-order valence-corrected chi connectivity index (χ2v) is 6.20. The molecule has 6 heteroatoms. The fourth-order valence-electron chi connectivity index (χ4n) is 2.06. The van der Waals surface area contributed by atoms with Gasteiger partial charge >= 0.3 is 6.09 Å². The summed E-state index contributed by atoms with van der Waals surface area (Å²) in [4.78, 5) is 12.5.